The minimum atomic E-state index is 0.486. The molecule has 1 aromatic rings. The van der Waals surface area contributed by atoms with Crippen LogP contribution < -0.4 is 5.43 Å². The Balaban J connectivity index is 2.47. The van der Waals surface area contributed by atoms with Crippen LogP contribution in [0.25, 0.3) is 0 Å². The second kappa shape index (κ2) is 3.45. The molecule has 0 radical (unpaired) electrons. The molecule has 52 valence electrons. The van der Waals surface area contributed by atoms with Crippen molar-refractivity contribution in [1.29, 1.82) is 0 Å². The summed E-state index contributed by atoms with van der Waals surface area (Å²) in [5.74, 6) is 0.606. The van der Waals surface area contributed by atoms with Gasteiger partial charge in [0.15, 0.2) is 0 Å². The summed E-state index contributed by atoms with van der Waals surface area (Å²) in [6.45, 7) is 0. The highest BCUT2D eigenvalue weighted by molar-refractivity contribution is 5.75. The summed E-state index contributed by atoms with van der Waals surface area (Å²) >= 11 is 0. The Hall–Kier alpha value is -1.58. The molecule has 0 aliphatic carbocycles. The van der Waals surface area contributed by atoms with Gasteiger partial charge in [0.1, 0.15) is 5.76 Å². The van der Waals surface area contributed by atoms with Crippen molar-refractivity contribution in [1.82, 2.24) is 5.43 Å². The number of carbonyl (C=O) groups is 1. The van der Waals surface area contributed by atoms with Gasteiger partial charge in [-0.3, -0.25) is 4.79 Å². The van der Waals surface area contributed by atoms with Gasteiger partial charge in [0.05, 0.1) is 12.5 Å². The largest absolute Gasteiger partial charge is 0.463 e. The minimum absolute atomic E-state index is 0.486. The second-order valence-corrected chi connectivity index (χ2v) is 1.52. The molecule has 0 aliphatic heterocycles. The number of amides is 1. The number of carbonyl (C=O) groups excluding carboxylic acids is 1. The number of nitrogens with zero attached hydrogens (tertiary/aromatic N) is 1. The van der Waals surface area contributed by atoms with E-state index in [-0.39, 0.29) is 0 Å². The van der Waals surface area contributed by atoms with Crippen LogP contribution in [0, 0.1) is 0 Å². The molecule has 0 aromatic carbocycles. The average molecular weight is 138 g/mol. The summed E-state index contributed by atoms with van der Waals surface area (Å²) < 4.78 is 4.87. The lowest BCUT2D eigenvalue weighted by Crippen LogP contribution is -1.99. The van der Waals surface area contributed by atoms with Gasteiger partial charge >= 0.3 is 0 Å². The van der Waals surface area contributed by atoms with E-state index >= 15 is 0 Å². The fourth-order valence-electron chi connectivity index (χ4n) is 0.496. The Labute approximate surface area is 57.5 Å². The van der Waals surface area contributed by atoms with Gasteiger partial charge in [-0.1, -0.05) is 0 Å². The van der Waals surface area contributed by atoms with E-state index in [0.717, 1.165) is 0 Å². The molecule has 0 fully saturated rings. The normalized spacial score (nSPS) is 10.0. The first kappa shape index (κ1) is 6.54. The second-order valence-electron chi connectivity index (χ2n) is 1.52. The third-order valence-corrected chi connectivity index (χ3v) is 0.862. The van der Waals surface area contributed by atoms with Gasteiger partial charge in [-0.05, 0) is 12.1 Å². The summed E-state index contributed by atoms with van der Waals surface area (Å²) in [4.78, 5) is 9.68. The molecule has 4 heteroatoms. The van der Waals surface area contributed by atoms with E-state index in [4.69, 9.17) is 4.42 Å². The smallest absolute Gasteiger partial charge is 0.227 e. The van der Waals surface area contributed by atoms with E-state index in [1.807, 2.05) is 0 Å². The molecule has 0 spiro atoms. The van der Waals surface area contributed by atoms with E-state index < -0.39 is 0 Å². The van der Waals surface area contributed by atoms with Crippen LogP contribution in [-0.2, 0) is 4.79 Å². The lowest BCUT2D eigenvalue weighted by atomic mass is 10.5. The zero-order valence-corrected chi connectivity index (χ0v) is 5.15. The lowest BCUT2D eigenvalue weighted by molar-refractivity contribution is -0.109. The molecule has 4 nitrogen and oxygen atoms in total. The molecule has 1 heterocycles. The van der Waals surface area contributed by atoms with Gasteiger partial charge < -0.3 is 4.42 Å². The molecule has 0 aliphatic rings. The summed E-state index contributed by atoms with van der Waals surface area (Å²) in [5, 5.41) is 3.50. The van der Waals surface area contributed by atoms with Crippen LogP contribution in [0.3, 0.4) is 0 Å². The molecular formula is C6H6N2O2. The Morgan fingerprint density at radius 2 is 2.60 bits per heavy atom. The molecule has 1 N–H and O–H groups in total. The van der Waals surface area contributed by atoms with E-state index in [2.05, 4.69) is 10.5 Å². The predicted octanol–water partition coefficient (Wildman–Crippen LogP) is 0.359. The molecule has 0 atom stereocenters. The predicted molar refractivity (Wildman–Crippen MR) is 35.5 cm³/mol. The van der Waals surface area contributed by atoms with Gasteiger partial charge in [-0.15, -0.1) is 0 Å². The molecule has 0 bridgehead atoms. The van der Waals surface area contributed by atoms with Gasteiger partial charge in [0, 0.05) is 0 Å². The minimum Gasteiger partial charge on any atom is -0.463 e. The molecular weight excluding hydrogens is 132 g/mol. The van der Waals surface area contributed by atoms with E-state index in [1.165, 1.54) is 12.5 Å². The fourth-order valence-corrected chi connectivity index (χ4v) is 0.496. The highest BCUT2D eigenvalue weighted by atomic mass is 16.3. The van der Waals surface area contributed by atoms with E-state index in [1.54, 1.807) is 12.1 Å². The van der Waals surface area contributed by atoms with E-state index in [0.29, 0.717) is 12.2 Å². The first-order valence-corrected chi connectivity index (χ1v) is 2.69. The maximum absolute atomic E-state index is 9.68. The van der Waals surface area contributed by atoms with Crippen molar-refractivity contribution >= 4 is 12.6 Å². The SMILES string of the molecule is O=CNN=Cc1ccco1. The van der Waals surface area contributed by atoms with Crippen molar-refractivity contribution in [3.63, 3.8) is 0 Å². The van der Waals surface area contributed by atoms with Crippen molar-refractivity contribution in [2.75, 3.05) is 0 Å². The Morgan fingerprint density at radius 3 is 3.20 bits per heavy atom. The van der Waals surface area contributed by atoms with Crippen LogP contribution >= 0.6 is 0 Å². The highest BCUT2D eigenvalue weighted by Gasteiger charge is 1.85. The van der Waals surface area contributed by atoms with Gasteiger partial charge in [0.2, 0.25) is 6.41 Å². The van der Waals surface area contributed by atoms with Crippen LogP contribution in [0.2, 0.25) is 0 Å². The molecule has 1 rings (SSSR count). The van der Waals surface area contributed by atoms with Gasteiger partial charge in [-0.25, -0.2) is 5.43 Å². The Kier molecular flexibility index (Phi) is 2.25. The van der Waals surface area contributed by atoms with Gasteiger partial charge in [0.25, 0.3) is 0 Å². The van der Waals surface area contributed by atoms with Crippen LogP contribution in [0.15, 0.2) is 27.9 Å². The molecule has 0 saturated carbocycles. The molecule has 0 unspecified atom stereocenters. The standard InChI is InChI=1S/C6H6N2O2/c9-5-8-7-4-6-2-1-3-10-6/h1-5H,(H,8,9). The van der Waals surface area contributed by atoms with Crippen LogP contribution in [-0.4, -0.2) is 12.6 Å². The maximum atomic E-state index is 9.68. The van der Waals surface area contributed by atoms with Gasteiger partial charge in [-0.2, -0.15) is 5.10 Å². The Morgan fingerprint density at radius 1 is 1.70 bits per heavy atom. The molecule has 1 aromatic heterocycles. The van der Waals surface area contributed by atoms with E-state index in [9.17, 15) is 4.79 Å². The zero-order chi connectivity index (χ0) is 7.23. The Bertz CT molecular complexity index is 216. The number of nitrogens with one attached hydrogen (secondary N) is 1. The highest BCUT2D eigenvalue weighted by Crippen LogP contribution is 1.93. The summed E-state index contributed by atoms with van der Waals surface area (Å²) in [7, 11) is 0. The number of hydrogen-bond donors (Lipinski definition) is 1. The summed E-state index contributed by atoms with van der Waals surface area (Å²) in [6, 6.07) is 3.47. The molecule has 1 amide bonds. The first-order chi connectivity index (χ1) is 4.93. The third kappa shape index (κ3) is 1.74. The molecule has 0 saturated heterocycles. The van der Waals surface area contributed by atoms with Crippen molar-refractivity contribution in [3.8, 4) is 0 Å². The summed E-state index contributed by atoms with van der Waals surface area (Å²) in [5.41, 5.74) is 2.12. The van der Waals surface area contributed by atoms with Crippen LogP contribution in [0.4, 0.5) is 0 Å². The van der Waals surface area contributed by atoms with Crippen molar-refractivity contribution in [2.45, 2.75) is 0 Å². The van der Waals surface area contributed by atoms with Crippen LogP contribution in [0.5, 0.6) is 0 Å². The van der Waals surface area contributed by atoms with Crippen molar-refractivity contribution in [3.05, 3.63) is 24.2 Å². The third-order valence-electron chi connectivity index (χ3n) is 0.862. The summed E-state index contributed by atoms with van der Waals surface area (Å²) in [6.07, 6.45) is 3.43. The number of hydrogen-bond acceptors (Lipinski definition) is 3. The van der Waals surface area contributed by atoms with Crippen molar-refractivity contribution < 1.29 is 9.21 Å². The quantitative estimate of drug-likeness (QED) is 0.372. The lowest BCUT2D eigenvalue weighted by Gasteiger charge is -1.81. The zero-order valence-electron chi connectivity index (χ0n) is 5.15. The molecule has 10 heavy (non-hydrogen) atoms. The average Bonchev–Trinajstić information content (AvgIpc) is 2.41. The van der Waals surface area contributed by atoms with Crippen molar-refractivity contribution in [2.24, 2.45) is 5.10 Å². The fraction of sp³-hybridized carbons (Fsp3) is 0. The number of rotatable bonds is 3. The van der Waals surface area contributed by atoms with Crippen LogP contribution in [0.1, 0.15) is 5.76 Å². The topological polar surface area (TPSA) is 54.6 Å². The monoisotopic (exact) mass is 138 g/mol. The maximum Gasteiger partial charge on any atom is 0.227 e. The number of furan rings is 1. The number of hydrazone groups is 1. The first-order valence-electron chi connectivity index (χ1n) is 2.69.